The van der Waals surface area contributed by atoms with Crippen molar-refractivity contribution >= 4 is 34.7 Å². The first-order valence-corrected chi connectivity index (χ1v) is 10.4. The molecule has 0 unspecified atom stereocenters. The Balaban J connectivity index is 1.44. The molecule has 3 heterocycles. The van der Waals surface area contributed by atoms with E-state index in [1.165, 1.54) is 11.3 Å². The minimum atomic E-state index is -0.0521. The van der Waals surface area contributed by atoms with Crippen molar-refractivity contribution < 1.29 is 4.79 Å². The first kappa shape index (κ1) is 18.8. The molecule has 1 amide bonds. The lowest BCUT2D eigenvalue weighted by Gasteiger charge is -2.30. The van der Waals surface area contributed by atoms with E-state index in [0.29, 0.717) is 11.3 Å². The van der Waals surface area contributed by atoms with Gasteiger partial charge in [-0.2, -0.15) is 4.99 Å². The van der Waals surface area contributed by atoms with Crippen molar-refractivity contribution in [2.75, 3.05) is 18.0 Å². The van der Waals surface area contributed by atoms with Crippen LogP contribution in [0.25, 0.3) is 0 Å². The summed E-state index contributed by atoms with van der Waals surface area (Å²) in [6.07, 6.45) is 8.60. The Kier molecular flexibility index (Phi) is 5.83. The van der Waals surface area contributed by atoms with Crippen molar-refractivity contribution in [2.45, 2.75) is 19.4 Å². The summed E-state index contributed by atoms with van der Waals surface area (Å²) in [5.41, 5.74) is 1.01. The SMILES string of the molecule is O=C(N=c1sccn1Cc1ccccc1Cl)C1CCN(c2cnccn2)CC1. The third-order valence-corrected chi connectivity index (χ3v) is 6.05. The fourth-order valence-electron chi connectivity index (χ4n) is 3.31. The lowest BCUT2D eigenvalue weighted by molar-refractivity contribution is -0.122. The summed E-state index contributed by atoms with van der Waals surface area (Å²) in [6, 6.07) is 7.73. The van der Waals surface area contributed by atoms with Gasteiger partial charge in [0.25, 0.3) is 5.91 Å². The van der Waals surface area contributed by atoms with Crippen LogP contribution in [0.1, 0.15) is 18.4 Å². The Hall–Kier alpha value is -2.51. The zero-order valence-electron chi connectivity index (χ0n) is 15.2. The highest BCUT2D eigenvalue weighted by Gasteiger charge is 2.25. The monoisotopic (exact) mass is 413 g/mol. The number of piperidine rings is 1. The molecule has 0 bridgehead atoms. The van der Waals surface area contributed by atoms with E-state index in [2.05, 4.69) is 19.9 Å². The molecule has 0 aliphatic carbocycles. The van der Waals surface area contributed by atoms with Gasteiger partial charge in [-0.1, -0.05) is 29.8 Å². The third-order valence-electron chi connectivity index (χ3n) is 4.88. The topological polar surface area (TPSA) is 63.4 Å². The van der Waals surface area contributed by atoms with E-state index in [-0.39, 0.29) is 11.8 Å². The number of thiazole rings is 1. The van der Waals surface area contributed by atoms with Crippen LogP contribution in [-0.4, -0.2) is 33.5 Å². The molecule has 144 valence electrons. The van der Waals surface area contributed by atoms with E-state index < -0.39 is 0 Å². The van der Waals surface area contributed by atoms with E-state index in [4.69, 9.17) is 11.6 Å². The van der Waals surface area contributed by atoms with Gasteiger partial charge in [-0.25, -0.2) is 4.98 Å². The Morgan fingerprint density at radius 2 is 2.07 bits per heavy atom. The van der Waals surface area contributed by atoms with Gasteiger partial charge in [-0.05, 0) is 24.5 Å². The standard InChI is InChI=1S/C20H20ClN5OS/c21-17-4-2-1-3-16(17)14-26-11-12-28-20(26)24-19(27)15-5-9-25(10-6-15)18-13-22-7-8-23-18/h1-4,7-8,11-13,15H,5-6,9-10,14H2. The molecule has 0 spiro atoms. The molecule has 1 fully saturated rings. The molecule has 1 saturated heterocycles. The third kappa shape index (κ3) is 4.31. The number of halogens is 1. The zero-order valence-corrected chi connectivity index (χ0v) is 16.8. The van der Waals surface area contributed by atoms with Gasteiger partial charge in [-0.15, -0.1) is 11.3 Å². The maximum Gasteiger partial charge on any atom is 0.251 e. The average Bonchev–Trinajstić information content (AvgIpc) is 3.17. The average molecular weight is 414 g/mol. The highest BCUT2D eigenvalue weighted by Crippen LogP contribution is 2.22. The van der Waals surface area contributed by atoms with Crippen LogP contribution < -0.4 is 9.70 Å². The summed E-state index contributed by atoms with van der Waals surface area (Å²) in [5, 5.41) is 2.66. The first-order chi connectivity index (χ1) is 13.7. The number of rotatable bonds is 4. The highest BCUT2D eigenvalue weighted by molar-refractivity contribution is 7.07. The van der Waals surface area contributed by atoms with Crippen molar-refractivity contribution in [3.05, 3.63) is 69.8 Å². The molecule has 6 nitrogen and oxygen atoms in total. The van der Waals surface area contributed by atoms with Gasteiger partial charge in [0.2, 0.25) is 0 Å². The summed E-state index contributed by atoms with van der Waals surface area (Å²) in [6.45, 7) is 2.17. The minimum absolute atomic E-state index is 0.0471. The molecule has 0 radical (unpaired) electrons. The molecule has 4 rings (SSSR count). The quantitative estimate of drug-likeness (QED) is 0.657. The number of benzene rings is 1. The number of aromatic nitrogens is 3. The largest absolute Gasteiger partial charge is 0.355 e. The molecule has 8 heteroatoms. The fraction of sp³-hybridized carbons (Fsp3) is 0.300. The fourth-order valence-corrected chi connectivity index (χ4v) is 4.24. The second-order valence-electron chi connectivity index (χ2n) is 6.68. The number of hydrogen-bond donors (Lipinski definition) is 0. The lowest BCUT2D eigenvalue weighted by atomic mass is 9.96. The molecule has 2 aromatic heterocycles. The first-order valence-electron chi connectivity index (χ1n) is 9.17. The van der Waals surface area contributed by atoms with Crippen molar-refractivity contribution in [3.63, 3.8) is 0 Å². The van der Waals surface area contributed by atoms with E-state index in [0.717, 1.165) is 42.3 Å². The van der Waals surface area contributed by atoms with Crippen LogP contribution in [0.2, 0.25) is 5.02 Å². The summed E-state index contributed by atoms with van der Waals surface area (Å²) in [5.74, 6) is 0.763. The van der Waals surface area contributed by atoms with Crippen molar-refractivity contribution in [1.82, 2.24) is 14.5 Å². The van der Waals surface area contributed by atoms with E-state index >= 15 is 0 Å². The van der Waals surface area contributed by atoms with Crippen molar-refractivity contribution in [1.29, 1.82) is 0 Å². The van der Waals surface area contributed by atoms with Crippen LogP contribution in [0.3, 0.4) is 0 Å². The van der Waals surface area contributed by atoms with E-state index in [1.807, 2.05) is 40.4 Å². The van der Waals surface area contributed by atoms with Crippen molar-refractivity contribution in [2.24, 2.45) is 10.9 Å². The van der Waals surface area contributed by atoms with Crippen LogP contribution >= 0.6 is 22.9 Å². The zero-order chi connectivity index (χ0) is 19.3. The maximum atomic E-state index is 12.7. The number of nitrogens with zero attached hydrogens (tertiary/aromatic N) is 5. The molecule has 0 atom stereocenters. The molecule has 1 aromatic carbocycles. The summed E-state index contributed by atoms with van der Waals surface area (Å²) < 4.78 is 1.97. The number of carbonyl (C=O) groups excluding carboxylic acids is 1. The molecule has 28 heavy (non-hydrogen) atoms. The molecule has 3 aromatic rings. The second-order valence-corrected chi connectivity index (χ2v) is 7.96. The molecular formula is C20H20ClN5OS. The highest BCUT2D eigenvalue weighted by atomic mass is 35.5. The number of anilines is 1. The Morgan fingerprint density at radius 1 is 1.25 bits per heavy atom. The Bertz CT molecular complexity index is 1010. The maximum absolute atomic E-state index is 12.7. The predicted molar refractivity (Wildman–Crippen MR) is 110 cm³/mol. The Morgan fingerprint density at radius 3 is 2.82 bits per heavy atom. The van der Waals surface area contributed by atoms with Gasteiger partial charge in [0.1, 0.15) is 5.82 Å². The smallest absolute Gasteiger partial charge is 0.251 e. The van der Waals surface area contributed by atoms with Gasteiger partial charge in [0.15, 0.2) is 4.80 Å². The minimum Gasteiger partial charge on any atom is -0.355 e. The molecular weight excluding hydrogens is 394 g/mol. The molecule has 0 N–H and O–H groups in total. The Labute approximate surface area is 172 Å². The van der Waals surface area contributed by atoms with Crippen LogP contribution in [0, 0.1) is 5.92 Å². The predicted octanol–water partition coefficient (Wildman–Crippen LogP) is 3.39. The van der Waals surface area contributed by atoms with Crippen LogP contribution in [0.5, 0.6) is 0 Å². The van der Waals surface area contributed by atoms with Crippen LogP contribution in [-0.2, 0) is 11.3 Å². The number of hydrogen-bond acceptors (Lipinski definition) is 5. The normalized spacial score (nSPS) is 15.8. The van der Waals surface area contributed by atoms with Crippen LogP contribution in [0.4, 0.5) is 5.82 Å². The number of carbonyl (C=O) groups is 1. The lowest BCUT2D eigenvalue weighted by Crippen LogP contribution is -2.37. The summed E-state index contributed by atoms with van der Waals surface area (Å²) in [4.78, 5) is 28.5. The van der Waals surface area contributed by atoms with Gasteiger partial charge >= 0.3 is 0 Å². The second kappa shape index (κ2) is 8.67. The van der Waals surface area contributed by atoms with E-state index in [1.54, 1.807) is 18.6 Å². The van der Waals surface area contributed by atoms with Gasteiger partial charge in [0.05, 0.1) is 12.7 Å². The molecule has 0 saturated carbocycles. The van der Waals surface area contributed by atoms with Gasteiger partial charge in [0, 0.05) is 48.0 Å². The molecule has 1 aliphatic heterocycles. The van der Waals surface area contributed by atoms with Gasteiger partial charge < -0.3 is 9.47 Å². The summed E-state index contributed by atoms with van der Waals surface area (Å²) >= 11 is 7.73. The van der Waals surface area contributed by atoms with E-state index in [9.17, 15) is 4.79 Å². The van der Waals surface area contributed by atoms with Crippen molar-refractivity contribution in [3.8, 4) is 0 Å². The number of amides is 1. The van der Waals surface area contributed by atoms with Crippen LogP contribution in [0.15, 0.2) is 59.4 Å². The van der Waals surface area contributed by atoms with Gasteiger partial charge in [-0.3, -0.25) is 9.78 Å². The summed E-state index contributed by atoms with van der Waals surface area (Å²) in [7, 11) is 0. The molecule has 1 aliphatic rings.